The smallest absolute Gasteiger partial charge is 0.166 e. The van der Waals surface area contributed by atoms with Crippen molar-refractivity contribution in [3.63, 3.8) is 0 Å². The van der Waals surface area contributed by atoms with Gasteiger partial charge >= 0.3 is 0 Å². The van der Waals surface area contributed by atoms with Gasteiger partial charge in [0, 0.05) is 23.5 Å². The van der Waals surface area contributed by atoms with E-state index in [0.717, 1.165) is 25.7 Å². The van der Waals surface area contributed by atoms with Crippen LogP contribution in [0.4, 0.5) is 0 Å². The van der Waals surface area contributed by atoms with E-state index in [2.05, 4.69) is 0 Å². The van der Waals surface area contributed by atoms with Gasteiger partial charge in [-0.05, 0) is 12.8 Å². The summed E-state index contributed by atoms with van der Waals surface area (Å²) < 4.78 is 0. The first-order valence-electron chi connectivity index (χ1n) is 7.90. The molecule has 1 aliphatic carbocycles. The second-order valence-corrected chi connectivity index (χ2v) is 5.02. The number of carbonyl (C=O) groups is 2. The van der Waals surface area contributed by atoms with E-state index < -0.39 is 0 Å². The van der Waals surface area contributed by atoms with Gasteiger partial charge in [-0.25, -0.2) is 0 Å². The number of benzene rings is 1. The molecule has 1 aromatic rings. The van der Waals surface area contributed by atoms with Gasteiger partial charge < -0.3 is 0 Å². The van der Waals surface area contributed by atoms with Gasteiger partial charge in [-0.3, -0.25) is 9.59 Å². The van der Waals surface area contributed by atoms with E-state index >= 15 is 0 Å². The fourth-order valence-electron chi connectivity index (χ4n) is 2.72. The molecule has 0 unspecified atom stereocenters. The van der Waals surface area contributed by atoms with Crippen LogP contribution in [0.5, 0.6) is 0 Å². The van der Waals surface area contributed by atoms with Gasteiger partial charge in [0.05, 0.1) is 0 Å². The lowest BCUT2D eigenvalue weighted by Gasteiger charge is -2.21. The Bertz CT molecular complexity index is 442. The summed E-state index contributed by atoms with van der Waals surface area (Å²) in [6.45, 7) is 5.84. The van der Waals surface area contributed by atoms with Crippen molar-refractivity contribution in [1.82, 2.24) is 0 Å². The first kappa shape index (κ1) is 16.6. The molecule has 1 saturated carbocycles. The van der Waals surface area contributed by atoms with Crippen LogP contribution in [0, 0.1) is 5.92 Å². The van der Waals surface area contributed by atoms with Crippen molar-refractivity contribution >= 4 is 11.6 Å². The zero-order valence-electron chi connectivity index (χ0n) is 12.9. The fraction of sp³-hybridized carbons (Fsp3) is 0.556. The highest BCUT2D eigenvalue weighted by molar-refractivity contribution is 6.09. The van der Waals surface area contributed by atoms with E-state index in [-0.39, 0.29) is 17.5 Å². The van der Waals surface area contributed by atoms with Crippen LogP contribution in [0.15, 0.2) is 24.3 Å². The third kappa shape index (κ3) is 4.03. The predicted molar refractivity (Wildman–Crippen MR) is 83.3 cm³/mol. The Hall–Kier alpha value is -1.44. The maximum atomic E-state index is 12.5. The van der Waals surface area contributed by atoms with Crippen LogP contribution < -0.4 is 0 Å². The molecule has 2 nitrogen and oxygen atoms in total. The lowest BCUT2D eigenvalue weighted by Crippen LogP contribution is -2.20. The zero-order chi connectivity index (χ0) is 15.0. The molecule has 0 spiro atoms. The summed E-state index contributed by atoms with van der Waals surface area (Å²) >= 11 is 0. The summed E-state index contributed by atoms with van der Waals surface area (Å²) in [6.07, 6.45) is 5.93. The van der Waals surface area contributed by atoms with Crippen molar-refractivity contribution in [1.29, 1.82) is 0 Å². The van der Waals surface area contributed by atoms with Crippen molar-refractivity contribution in [3.8, 4) is 0 Å². The topological polar surface area (TPSA) is 34.1 Å². The molecular formula is C18H26O2. The summed E-state index contributed by atoms with van der Waals surface area (Å²) in [4.78, 5) is 24.4. The van der Waals surface area contributed by atoms with Gasteiger partial charge in [0.2, 0.25) is 0 Å². The van der Waals surface area contributed by atoms with Gasteiger partial charge in [-0.1, -0.05) is 64.3 Å². The minimum Gasteiger partial charge on any atom is -0.294 e. The molecule has 0 bridgehead atoms. The van der Waals surface area contributed by atoms with Gasteiger partial charge in [0.1, 0.15) is 0 Å². The largest absolute Gasteiger partial charge is 0.294 e. The van der Waals surface area contributed by atoms with Crippen LogP contribution in [0.3, 0.4) is 0 Å². The average Bonchev–Trinajstić information content (AvgIpc) is 2.56. The molecule has 0 amide bonds. The Balaban J connectivity index is 0.000000956. The van der Waals surface area contributed by atoms with E-state index in [9.17, 15) is 9.59 Å². The van der Waals surface area contributed by atoms with Crippen LogP contribution in [0.1, 0.15) is 80.0 Å². The monoisotopic (exact) mass is 274 g/mol. The molecule has 0 heterocycles. The molecule has 0 atom stereocenters. The highest BCUT2D eigenvalue weighted by Gasteiger charge is 2.25. The van der Waals surface area contributed by atoms with E-state index in [1.165, 1.54) is 6.42 Å². The van der Waals surface area contributed by atoms with E-state index in [4.69, 9.17) is 0 Å². The first-order valence-corrected chi connectivity index (χ1v) is 7.90. The van der Waals surface area contributed by atoms with Gasteiger partial charge in [-0.15, -0.1) is 0 Å². The molecule has 1 fully saturated rings. The molecule has 1 aliphatic rings. The molecule has 0 aromatic heterocycles. The van der Waals surface area contributed by atoms with E-state index in [0.29, 0.717) is 17.5 Å². The molecule has 110 valence electrons. The number of ketones is 2. The molecule has 0 N–H and O–H groups in total. The standard InChI is InChI=1S/C16H20O2.C2H6/c1-2-15(17)13-10-6-7-11-14(13)16(18)12-8-4-3-5-9-12;1-2/h6-7,10-12H,2-5,8-9H2,1H3;1-2H3. The van der Waals surface area contributed by atoms with Crippen LogP contribution >= 0.6 is 0 Å². The Morgan fingerprint density at radius 2 is 1.55 bits per heavy atom. The summed E-state index contributed by atoms with van der Waals surface area (Å²) in [5, 5.41) is 0. The number of Topliss-reactive ketones (excluding diaryl/α,β-unsaturated/α-hetero) is 2. The number of rotatable bonds is 4. The highest BCUT2D eigenvalue weighted by Crippen LogP contribution is 2.28. The van der Waals surface area contributed by atoms with Crippen LogP contribution in [0.2, 0.25) is 0 Å². The second-order valence-electron chi connectivity index (χ2n) is 5.02. The van der Waals surface area contributed by atoms with Crippen molar-refractivity contribution < 1.29 is 9.59 Å². The third-order valence-electron chi connectivity index (χ3n) is 3.79. The Morgan fingerprint density at radius 3 is 2.10 bits per heavy atom. The Kier molecular flexibility index (Phi) is 7.21. The lowest BCUT2D eigenvalue weighted by atomic mass is 9.82. The Labute approximate surface area is 122 Å². The van der Waals surface area contributed by atoms with Crippen LogP contribution in [-0.2, 0) is 0 Å². The fourth-order valence-corrected chi connectivity index (χ4v) is 2.72. The number of hydrogen-bond acceptors (Lipinski definition) is 2. The summed E-state index contributed by atoms with van der Waals surface area (Å²) in [5.74, 6) is 0.367. The molecule has 0 radical (unpaired) electrons. The maximum Gasteiger partial charge on any atom is 0.166 e. The van der Waals surface area contributed by atoms with Gasteiger partial charge in [0.25, 0.3) is 0 Å². The quantitative estimate of drug-likeness (QED) is 0.718. The molecule has 20 heavy (non-hydrogen) atoms. The van der Waals surface area contributed by atoms with Crippen molar-refractivity contribution in [3.05, 3.63) is 35.4 Å². The molecule has 2 heteroatoms. The molecule has 0 saturated heterocycles. The maximum absolute atomic E-state index is 12.5. The first-order chi connectivity index (χ1) is 9.74. The van der Waals surface area contributed by atoms with E-state index in [1.54, 1.807) is 12.1 Å². The van der Waals surface area contributed by atoms with Gasteiger partial charge in [0.15, 0.2) is 11.6 Å². The van der Waals surface area contributed by atoms with Crippen molar-refractivity contribution in [2.24, 2.45) is 5.92 Å². The number of hydrogen-bond donors (Lipinski definition) is 0. The van der Waals surface area contributed by atoms with Gasteiger partial charge in [-0.2, -0.15) is 0 Å². The number of carbonyl (C=O) groups excluding carboxylic acids is 2. The molecular weight excluding hydrogens is 248 g/mol. The van der Waals surface area contributed by atoms with E-state index in [1.807, 2.05) is 32.9 Å². The second kappa shape index (κ2) is 8.68. The molecule has 2 rings (SSSR count). The zero-order valence-corrected chi connectivity index (χ0v) is 12.9. The minimum atomic E-state index is 0.0646. The molecule has 0 aliphatic heterocycles. The lowest BCUT2D eigenvalue weighted by molar-refractivity contribution is 0.0879. The third-order valence-corrected chi connectivity index (χ3v) is 3.79. The van der Waals surface area contributed by atoms with Crippen molar-refractivity contribution in [2.75, 3.05) is 0 Å². The van der Waals surface area contributed by atoms with Crippen molar-refractivity contribution in [2.45, 2.75) is 59.3 Å². The minimum absolute atomic E-state index is 0.0646. The summed E-state index contributed by atoms with van der Waals surface area (Å²) in [7, 11) is 0. The SMILES string of the molecule is CC.CCC(=O)c1ccccc1C(=O)C1CCCCC1. The summed E-state index contributed by atoms with van der Waals surface area (Å²) in [5.41, 5.74) is 1.24. The molecule has 1 aromatic carbocycles. The predicted octanol–water partition coefficient (Wildman–Crippen LogP) is 5.07. The normalized spacial score (nSPS) is 15.2. The van der Waals surface area contributed by atoms with Crippen LogP contribution in [0.25, 0.3) is 0 Å². The highest BCUT2D eigenvalue weighted by atomic mass is 16.1. The average molecular weight is 274 g/mol. The Morgan fingerprint density at radius 1 is 1.00 bits per heavy atom. The van der Waals surface area contributed by atoms with Crippen LogP contribution in [-0.4, -0.2) is 11.6 Å². The summed E-state index contributed by atoms with van der Waals surface area (Å²) in [6, 6.07) is 7.27.